The van der Waals surface area contributed by atoms with E-state index < -0.39 is 0 Å². The fraction of sp³-hybridized carbons (Fsp3) is 0.438. The van der Waals surface area contributed by atoms with E-state index in [9.17, 15) is 9.59 Å². The number of ketones is 1. The molecule has 0 spiro atoms. The number of carbonyl (C=O) groups is 1. The summed E-state index contributed by atoms with van der Waals surface area (Å²) < 4.78 is 1.83. The molecule has 3 heterocycles. The Morgan fingerprint density at radius 2 is 2.00 bits per heavy atom. The number of aryl methyl sites for hydroxylation is 1. The number of carbonyl (C=O) groups excluding carboxylic acids is 1. The minimum absolute atomic E-state index is 0.0359. The molecule has 0 amide bonds. The maximum Gasteiger partial charge on any atom is 0.262 e. The van der Waals surface area contributed by atoms with Crippen molar-refractivity contribution in [3.63, 3.8) is 0 Å². The van der Waals surface area contributed by atoms with Crippen LogP contribution in [0.2, 0.25) is 0 Å². The summed E-state index contributed by atoms with van der Waals surface area (Å²) in [6.07, 6.45) is 9.54. The van der Waals surface area contributed by atoms with Crippen molar-refractivity contribution in [2.24, 2.45) is 0 Å². The predicted octanol–water partition coefficient (Wildman–Crippen LogP) is 3.17. The molecule has 0 atom stereocenters. The summed E-state index contributed by atoms with van der Waals surface area (Å²) in [5.74, 6) is 0.995. The summed E-state index contributed by atoms with van der Waals surface area (Å²) in [5, 5.41) is 0.642. The number of aromatic nitrogens is 2. The lowest BCUT2D eigenvalue weighted by Gasteiger charge is -2.15. The summed E-state index contributed by atoms with van der Waals surface area (Å²) in [4.78, 5) is 31.0. The number of thiophene rings is 1. The van der Waals surface area contributed by atoms with E-state index in [0.717, 1.165) is 42.0 Å². The fourth-order valence-electron chi connectivity index (χ4n) is 3.22. The molecule has 0 fully saturated rings. The van der Waals surface area contributed by atoms with E-state index in [0.29, 0.717) is 16.7 Å². The summed E-state index contributed by atoms with van der Waals surface area (Å²) in [6, 6.07) is 0. The largest absolute Gasteiger partial charge is 0.296 e. The molecule has 1 aliphatic heterocycles. The normalized spacial score (nSPS) is 18.2. The Hall–Kier alpha value is -1.75. The van der Waals surface area contributed by atoms with Crippen LogP contribution in [-0.4, -0.2) is 15.3 Å². The first-order valence-corrected chi connectivity index (χ1v) is 8.33. The highest BCUT2D eigenvalue weighted by Crippen LogP contribution is 2.33. The number of fused-ring (bicyclic) bond motifs is 4. The smallest absolute Gasteiger partial charge is 0.262 e. The highest BCUT2D eigenvalue weighted by molar-refractivity contribution is 7.20. The molecule has 108 valence electrons. The van der Waals surface area contributed by atoms with Crippen molar-refractivity contribution < 1.29 is 4.79 Å². The Balaban J connectivity index is 2.02. The number of hydrogen-bond acceptors (Lipinski definition) is 4. The molecule has 0 saturated carbocycles. The maximum atomic E-state index is 12.9. The molecule has 2 aliphatic rings. The van der Waals surface area contributed by atoms with Crippen molar-refractivity contribution in [3.8, 4) is 0 Å². The molecule has 21 heavy (non-hydrogen) atoms. The number of rotatable bonds is 0. The number of allylic oxidation sites excluding steroid dienone is 1. The third-order valence-corrected chi connectivity index (χ3v) is 5.44. The Morgan fingerprint density at radius 3 is 2.90 bits per heavy atom. The van der Waals surface area contributed by atoms with Crippen LogP contribution in [0.5, 0.6) is 0 Å². The van der Waals surface area contributed by atoms with E-state index in [2.05, 4.69) is 0 Å². The van der Waals surface area contributed by atoms with Crippen LogP contribution in [0.15, 0.2) is 10.9 Å². The Kier molecular flexibility index (Phi) is 3.03. The topological polar surface area (TPSA) is 52.0 Å². The van der Waals surface area contributed by atoms with Crippen molar-refractivity contribution >= 4 is 33.4 Å². The van der Waals surface area contributed by atoms with Gasteiger partial charge >= 0.3 is 0 Å². The molecule has 0 radical (unpaired) electrons. The summed E-state index contributed by atoms with van der Waals surface area (Å²) in [7, 11) is 0. The standard InChI is InChI=1S/C16H16N2O2S/c19-11-7-5-6-10-13-15(21-14(10)11)17-12-8-3-1-2-4-9-18(12)16(13)20/h5-6H,1-4,7-9H2. The van der Waals surface area contributed by atoms with Gasteiger partial charge in [0.25, 0.3) is 5.56 Å². The number of hydrogen-bond donors (Lipinski definition) is 0. The van der Waals surface area contributed by atoms with E-state index in [1.165, 1.54) is 24.2 Å². The van der Waals surface area contributed by atoms with Crippen LogP contribution in [0.4, 0.5) is 0 Å². The van der Waals surface area contributed by atoms with Gasteiger partial charge in [0, 0.05) is 24.9 Å². The van der Waals surface area contributed by atoms with E-state index >= 15 is 0 Å². The van der Waals surface area contributed by atoms with E-state index in [-0.39, 0.29) is 11.3 Å². The zero-order chi connectivity index (χ0) is 14.4. The molecular formula is C16H16N2O2S. The van der Waals surface area contributed by atoms with Gasteiger partial charge in [-0.1, -0.05) is 25.0 Å². The second kappa shape index (κ2) is 4.91. The van der Waals surface area contributed by atoms with Gasteiger partial charge in [-0.2, -0.15) is 0 Å². The molecule has 4 rings (SSSR count). The second-order valence-corrected chi connectivity index (χ2v) is 6.70. The monoisotopic (exact) mass is 300 g/mol. The summed E-state index contributed by atoms with van der Waals surface area (Å²) in [6.45, 7) is 0.749. The zero-order valence-electron chi connectivity index (χ0n) is 11.7. The van der Waals surface area contributed by atoms with Crippen molar-refractivity contribution in [2.75, 3.05) is 0 Å². The quantitative estimate of drug-likeness (QED) is 0.751. The van der Waals surface area contributed by atoms with Crippen LogP contribution in [0.1, 0.15) is 53.2 Å². The van der Waals surface area contributed by atoms with Gasteiger partial charge in [-0.25, -0.2) is 4.98 Å². The summed E-state index contributed by atoms with van der Waals surface area (Å²) >= 11 is 1.38. The van der Waals surface area contributed by atoms with Crippen LogP contribution in [0.3, 0.4) is 0 Å². The third-order valence-electron chi connectivity index (χ3n) is 4.30. The van der Waals surface area contributed by atoms with Crippen LogP contribution >= 0.6 is 11.3 Å². The van der Waals surface area contributed by atoms with Crippen LogP contribution in [0, 0.1) is 0 Å². The molecule has 0 N–H and O–H groups in total. The van der Waals surface area contributed by atoms with Crippen LogP contribution in [-0.2, 0) is 13.0 Å². The minimum Gasteiger partial charge on any atom is -0.296 e. The molecule has 1 aliphatic carbocycles. The Labute approximate surface area is 126 Å². The third kappa shape index (κ3) is 1.99. The Bertz CT molecular complexity index is 829. The molecular weight excluding hydrogens is 284 g/mol. The average molecular weight is 300 g/mol. The van der Waals surface area contributed by atoms with Gasteiger partial charge in [0.15, 0.2) is 5.78 Å². The molecule has 0 saturated heterocycles. The predicted molar refractivity (Wildman–Crippen MR) is 84.0 cm³/mol. The summed E-state index contributed by atoms with van der Waals surface area (Å²) in [5.41, 5.74) is 0.829. The Morgan fingerprint density at radius 1 is 1.14 bits per heavy atom. The molecule has 5 heteroatoms. The van der Waals surface area contributed by atoms with Crippen molar-refractivity contribution in [1.82, 2.24) is 9.55 Å². The highest BCUT2D eigenvalue weighted by atomic mass is 32.1. The minimum atomic E-state index is 0.0359. The molecule has 2 aromatic heterocycles. The van der Waals surface area contributed by atoms with Crippen LogP contribution < -0.4 is 5.56 Å². The first kappa shape index (κ1) is 13.0. The lowest BCUT2D eigenvalue weighted by atomic mass is 10.0. The van der Waals surface area contributed by atoms with E-state index in [1.807, 2.05) is 16.7 Å². The van der Waals surface area contributed by atoms with Gasteiger partial charge < -0.3 is 0 Å². The lowest BCUT2D eigenvalue weighted by Crippen LogP contribution is -2.26. The van der Waals surface area contributed by atoms with Gasteiger partial charge in [-0.05, 0) is 12.8 Å². The molecule has 4 nitrogen and oxygen atoms in total. The fourth-order valence-corrected chi connectivity index (χ4v) is 4.34. The lowest BCUT2D eigenvalue weighted by molar-refractivity contribution is 0.0998. The van der Waals surface area contributed by atoms with Gasteiger partial charge in [0.1, 0.15) is 10.7 Å². The highest BCUT2D eigenvalue weighted by Gasteiger charge is 2.24. The zero-order valence-corrected chi connectivity index (χ0v) is 12.5. The SMILES string of the molecule is O=C1CC=Cc2c1sc1nc3n(c(=O)c21)CCCCCC3. The number of nitrogens with zero attached hydrogens (tertiary/aromatic N) is 2. The van der Waals surface area contributed by atoms with Gasteiger partial charge in [-0.15, -0.1) is 11.3 Å². The van der Waals surface area contributed by atoms with Crippen LogP contribution in [0.25, 0.3) is 16.3 Å². The van der Waals surface area contributed by atoms with Crippen molar-refractivity contribution in [2.45, 2.75) is 45.1 Å². The molecule has 0 bridgehead atoms. The second-order valence-electron chi connectivity index (χ2n) is 5.70. The van der Waals surface area contributed by atoms with Crippen molar-refractivity contribution in [1.29, 1.82) is 0 Å². The average Bonchev–Trinajstić information content (AvgIpc) is 2.81. The van der Waals surface area contributed by atoms with Gasteiger partial charge in [0.05, 0.1) is 10.3 Å². The first-order chi connectivity index (χ1) is 10.3. The van der Waals surface area contributed by atoms with Gasteiger partial charge in [-0.3, -0.25) is 14.2 Å². The molecule has 2 aromatic rings. The van der Waals surface area contributed by atoms with Gasteiger partial charge in [0.2, 0.25) is 0 Å². The molecule has 0 unspecified atom stereocenters. The molecule has 0 aromatic carbocycles. The van der Waals surface area contributed by atoms with E-state index in [1.54, 1.807) is 0 Å². The van der Waals surface area contributed by atoms with Crippen molar-refractivity contribution in [3.05, 3.63) is 32.7 Å². The maximum absolute atomic E-state index is 12.9. The van der Waals surface area contributed by atoms with E-state index in [4.69, 9.17) is 4.98 Å². The number of Topliss-reactive ketones (excluding diaryl/α,β-unsaturated/α-hetero) is 1. The first-order valence-electron chi connectivity index (χ1n) is 7.51.